The molecular weight excluding hydrogens is 200 g/mol. The second kappa shape index (κ2) is 3.81. The van der Waals surface area contributed by atoms with Gasteiger partial charge in [-0.3, -0.25) is 9.59 Å². The third-order valence-corrected chi connectivity index (χ3v) is 3.07. The Morgan fingerprint density at radius 3 is 2.13 bits per heavy atom. The number of carboxylic acid groups (broad SMARTS) is 2. The maximum Gasteiger partial charge on any atom is 0.307 e. The summed E-state index contributed by atoms with van der Waals surface area (Å²) in [7, 11) is 0. The summed E-state index contributed by atoms with van der Waals surface area (Å²) in [6, 6.07) is 0. The molecule has 5 heteroatoms. The van der Waals surface area contributed by atoms with Gasteiger partial charge >= 0.3 is 11.9 Å². The Kier molecular flexibility index (Phi) is 3.04. The quantitative estimate of drug-likeness (QED) is 0.627. The summed E-state index contributed by atoms with van der Waals surface area (Å²) in [6.07, 6.45) is 0.331. The molecule has 15 heavy (non-hydrogen) atoms. The highest BCUT2D eigenvalue weighted by Crippen LogP contribution is 2.40. The van der Waals surface area contributed by atoms with Crippen molar-refractivity contribution in [1.82, 2.24) is 0 Å². The molecule has 1 aliphatic carbocycles. The van der Waals surface area contributed by atoms with E-state index in [1.807, 2.05) is 0 Å². The monoisotopic (exact) mass is 216 g/mol. The molecule has 0 bridgehead atoms. The number of hydrogen-bond donors (Lipinski definition) is 3. The lowest BCUT2D eigenvalue weighted by Crippen LogP contribution is -2.47. The van der Waals surface area contributed by atoms with Gasteiger partial charge < -0.3 is 15.3 Å². The Balaban J connectivity index is 2.96. The molecule has 0 radical (unpaired) electrons. The molecule has 0 aromatic heterocycles. The SMILES string of the molecule is CC1CC(C)(O)CC(C(=O)O)C1C(=O)O. The van der Waals surface area contributed by atoms with Gasteiger partial charge in [0.05, 0.1) is 17.4 Å². The average molecular weight is 216 g/mol. The molecule has 86 valence electrons. The van der Waals surface area contributed by atoms with Gasteiger partial charge in [-0.1, -0.05) is 6.92 Å². The van der Waals surface area contributed by atoms with E-state index in [1.54, 1.807) is 13.8 Å². The van der Waals surface area contributed by atoms with Crippen molar-refractivity contribution in [1.29, 1.82) is 0 Å². The van der Waals surface area contributed by atoms with Crippen LogP contribution in [0.3, 0.4) is 0 Å². The fourth-order valence-corrected chi connectivity index (χ4v) is 2.56. The fraction of sp³-hybridized carbons (Fsp3) is 0.800. The van der Waals surface area contributed by atoms with E-state index in [1.165, 1.54) is 0 Å². The third kappa shape index (κ3) is 2.47. The second-order valence-corrected chi connectivity index (χ2v) is 4.69. The number of rotatable bonds is 2. The van der Waals surface area contributed by atoms with E-state index in [4.69, 9.17) is 10.2 Å². The van der Waals surface area contributed by atoms with Crippen LogP contribution in [0, 0.1) is 17.8 Å². The number of aliphatic hydroxyl groups is 1. The smallest absolute Gasteiger partial charge is 0.307 e. The summed E-state index contributed by atoms with van der Waals surface area (Å²) in [4.78, 5) is 21.9. The summed E-state index contributed by atoms with van der Waals surface area (Å²) >= 11 is 0. The predicted octanol–water partition coefficient (Wildman–Crippen LogP) is 0.569. The largest absolute Gasteiger partial charge is 0.481 e. The molecule has 5 nitrogen and oxygen atoms in total. The van der Waals surface area contributed by atoms with Crippen LogP contribution < -0.4 is 0 Å². The third-order valence-electron chi connectivity index (χ3n) is 3.07. The first kappa shape index (κ1) is 12.0. The van der Waals surface area contributed by atoms with Crippen molar-refractivity contribution >= 4 is 11.9 Å². The first-order valence-corrected chi connectivity index (χ1v) is 4.92. The van der Waals surface area contributed by atoms with Gasteiger partial charge in [-0.25, -0.2) is 0 Å². The van der Waals surface area contributed by atoms with E-state index in [9.17, 15) is 14.7 Å². The molecule has 0 amide bonds. The standard InChI is InChI=1S/C10H16O5/c1-5-3-10(2,15)4-6(8(11)12)7(5)9(13)14/h5-7,15H,3-4H2,1-2H3,(H,11,12)(H,13,14). The number of aliphatic carboxylic acids is 2. The first-order valence-electron chi connectivity index (χ1n) is 4.92. The summed E-state index contributed by atoms with van der Waals surface area (Å²) in [5, 5.41) is 27.7. The molecule has 0 heterocycles. The van der Waals surface area contributed by atoms with Gasteiger partial charge in [-0.15, -0.1) is 0 Å². The zero-order valence-corrected chi connectivity index (χ0v) is 8.80. The van der Waals surface area contributed by atoms with E-state index in [2.05, 4.69) is 0 Å². The van der Waals surface area contributed by atoms with E-state index in [0.717, 1.165) is 0 Å². The summed E-state index contributed by atoms with van der Waals surface area (Å²) in [5.74, 6) is -4.46. The van der Waals surface area contributed by atoms with E-state index < -0.39 is 29.4 Å². The van der Waals surface area contributed by atoms with Crippen molar-refractivity contribution in [2.75, 3.05) is 0 Å². The highest BCUT2D eigenvalue weighted by Gasteiger charge is 2.47. The molecule has 1 fully saturated rings. The lowest BCUT2D eigenvalue weighted by atomic mass is 9.67. The van der Waals surface area contributed by atoms with Crippen molar-refractivity contribution in [3.8, 4) is 0 Å². The highest BCUT2D eigenvalue weighted by atomic mass is 16.4. The van der Waals surface area contributed by atoms with E-state index >= 15 is 0 Å². The molecule has 0 aromatic carbocycles. The maximum atomic E-state index is 10.9. The van der Waals surface area contributed by atoms with Crippen molar-refractivity contribution in [3.63, 3.8) is 0 Å². The van der Waals surface area contributed by atoms with Gasteiger partial charge in [0.1, 0.15) is 0 Å². The normalized spacial score (nSPS) is 41.1. The molecule has 3 N–H and O–H groups in total. The Hall–Kier alpha value is -1.10. The zero-order valence-electron chi connectivity index (χ0n) is 8.80. The lowest BCUT2D eigenvalue weighted by molar-refractivity contribution is -0.165. The van der Waals surface area contributed by atoms with Crippen molar-refractivity contribution in [3.05, 3.63) is 0 Å². The van der Waals surface area contributed by atoms with Gasteiger partial charge in [0, 0.05) is 0 Å². The fourth-order valence-electron chi connectivity index (χ4n) is 2.56. The van der Waals surface area contributed by atoms with Gasteiger partial charge in [-0.05, 0) is 25.7 Å². The van der Waals surface area contributed by atoms with Crippen LogP contribution in [-0.2, 0) is 9.59 Å². The molecule has 4 unspecified atom stereocenters. The van der Waals surface area contributed by atoms with Crippen LogP contribution in [0.4, 0.5) is 0 Å². The Morgan fingerprint density at radius 1 is 1.20 bits per heavy atom. The first-order chi connectivity index (χ1) is 6.74. The Morgan fingerprint density at radius 2 is 1.73 bits per heavy atom. The van der Waals surface area contributed by atoms with Crippen LogP contribution in [0.15, 0.2) is 0 Å². The summed E-state index contributed by atoms with van der Waals surface area (Å²) in [6.45, 7) is 3.22. The maximum absolute atomic E-state index is 10.9. The number of carboxylic acids is 2. The molecular formula is C10H16O5. The average Bonchev–Trinajstić information content (AvgIpc) is 1.99. The Bertz CT molecular complexity index is 284. The van der Waals surface area contributed by atoms with Crippen LogP contribution in [0.5, 0.6) is 0 Å². The zero-order chi connectivity index (χ0) is 11.8. The van der Waals surface area contributed by atoms with Crippen LogP contribution >= 0.6 is 0 Å². The molecule has 1 rings (SSSR count). The molecule has 0 spiro atoms. The van der Waals surface area contributed by atoms with E-state index in [-0.39, 0.29) is 12.3 Å². The highest BCUT2D eigenvalue weighted by molar-refractivity contribution is 5.80. The lowest BCUT2D eigenvalue weighted by Gasteiger charge is -2.39. The van der Waals surface area contributed by atoms with Crippen LogP contribution in [-0.4, -0.2) is 32.9 Å². The topological polar surface area (TPSA) is 94.8 Å². The molecule has 1 saturated carbocycles. The number of carbonyl (C=O) groups is 2. The second-order valence-electron chi connectivity index (χ2n) is 4.69. The van der Waals surface area contributed by atoms with Crippen molar-refractivity contribution in [2.45, 2.75) is 32.3 Å². The molecule has 0 aromatic rings. The summed E-state index contributed by atoms with van der Waals surface area (Å²) < 4.78 is 0. The summed E-state index contributed by atoms with van der Waals surface area (Å²) in [5.41, 5.74) is -1.07. The molecule has 0 aliphatic heterocycles. The van der Waals surface area contributed by atoms with Gasteiger partial charge in [0.15, 0.2) is 0 Å². The minimum absolute atomic E-state index is 0.00361. The van der Waals surface area contributed by atoms with Crippen molar-refractivity contribution in [2.24, 2.45) is 17.8 Å². The van der Waals surface area contributed by atoms with Crippen LogP contribution in [0.1, 0.15) is 26.7 Å². The van der Waals surface area contributed by atoms with E-state index in [0.29, 0.717) is 6.42 Å². The van der Waals surface area contributed by atoms with Crippen molar-refractivity contribution < 1.29 is 24.9 Å². The van der Waals surface area contributed by atoms with Gasteiger partial charge in [0.2, 0.25) is 0 Å². The predicted molar refractivity (Wildman–Crippen MR) is 51.3 cm³/mol. The van der Waals surface area contributed by atoms with Crippen LogP contribution in [0.25, 0.3) is 0 Å². The molecule has 1 aliphatic rings. The Labute approximate surface area is 87.7 Å². The van der Waals surface area contributed by atoms with Crippen LogP contribution in [0.2, 0.25) is 0 Å². The molecule has 0 saturated heterocycles. The minimum atomic E-state index is -1.14. The number of hydrogen-bond acceptors (Lipinski definition) is 3. The molecule has 4 atom stereocenters. The van der Waals surface area contributed by atoms with Gasteiger partial charge in [0.25, 0.3) is 0 Å². The minimum Gasteiger partial charge on any atom is -0.481 e. The van der Waals surface area contributed by atoms with Gasteiger partial charge in [-0.2, -0.15) is 0 Å².